The van der Waals surface area contributed by atoms with Crippen LogP contribution in [0.4, 0.5) is 0 Å². The van der Waals surface area contributed by atoms with E-state index in [0.29, 0.717) is 12.6 Å². The third-order valence-electron chi connectivity index (χ3n) is 3.97. The smallest absolute Gasteiger partial charge is 0.326 e. The summed E-state index contributed by atoms with van der Waals surface area (Å²) in [6.45, 7) is 15.7. The molecule has 4 heteroatoms. The third kappa shape index (κ3) is 7.82. The zero-order chi connectivity index (χ0) is 16.3. The lowest BCUT2D eigenvalue weighted by atomic mass is 9.97. The minimum Gasteiger partial charge on any atom is -0.465 e. The van der Waals surface area contributed by atoms with Gasteiger partial charge in [0.2, 0.25) is 0 Å². The van der Waals surface area contributed by atoms with Crippen molar-refractivity contribution in [3.8, 4) is 0 Å². The Hall–Kier alpha value is -0.610. The van der Waals surface area contributed by atoms with E-state index in [0.717, 1.165) is 26.1 Å². The number of carbonyl (C=O) groups excluding carboxylic acids is 1. The molecule has 0 aromatic heterocycles. The van der Waals surface area contributed by atoms with E-state index in [1.54, 1.807) is 0 Å². The number of hydrogen-bond acceptors (Lipinski definition) is 4. The number of nitrogens with one attached hydrogen (secondary N) is 1. The van der Waals surface area contributed by atoms with E-state index < -0.39 is 5.54 Å². The lowest BCUT2D eigenvalue weighted by Gasteiger charge is -2.33. The SMILES string of the molecule is CCCCCN(CCC(C)(NCC)C(=O)OCC)C(C)C. The lowest BCUT2D eigenvalue weighted by molar-refractivity contribution is -0.151. The van der Waals surface area contributed by atoms with Crippen molar-refractivity contribution in [2.24, 2.45) is 0 Å². The monoisotopic (exact) mass is 300 g/mol. The highest BCUT2D eigenvalue weighted by Gasteiger charge is 2.34. The first-order chi connectivity index (χ1) is 9.91. The second kappa shape index (κ2) is 11.0. The maximum atomic E-state index is 12.2. The summed E-state index contributed by atoms with van der Waals surface area (Å²) in [4.78, 5) is 14.7. The van der Waals surface area contributed by atoms with Crippen molar-refractivity contribution < 1.29 is 9.53 Å². The zero-order valence-electron chi connectivity index (χ0n) is 15.0. The molecule has 1 N–H and O–H groups in total. The van der Waals surface area contributed by atoms with Gasteiger partial charge in [0.05, 0.1) is 6.61 Å². The van der Waals surface area contributed by atoms with Crippen LogP contribution in [0.1, 0.15) is 67.2 Å². The molecule has 0 aliphatic carbocycles. The summed E-state index contributed by atoms with van der Waals surface area (Å²) in [6, 6.07) is 0.509. The van der Waals surface area contributed by atoms with E-state index in [9.17, 15) is 4.79 Å². The molecule has 0 aliphatic rings. The van der Waals surface area contributed by atoms with E-state index in [4.69, 9.17) is 4.74 Å². The van der Waals surface area contributed by atoms with Crippen LogP contribution < -0.4 is 5.32 Å². The minimum atomic E-state index is -0.581. The first-order valence-corrected chi connectivity index (χ1v) is 8.57. The van der Waals surface area contributed by atoms with Crippen LogP contribution in [0.5, 0.6) is 0 Å². The fraction of sp³-hybridized carbons (Fsp3) is 0.941. The van der Waals surface area contributed by atoms with Crippen LogP contribution in [0.15, 0.2) is 0 Å². The van der Waals surface area contributed by atoms with Gasteiger partial charge in [0, 0.05) is 12.6 Å². The van der Waals surface area contributed by atoms with E-state index in [1.807, 2.05) is 20.8 Å². The van der Waals surface area contributed by atoms with Crippen LogP contribution in [0.3, 0.4) is 0 Å². The summed E-state index contributed by atoms with van der Waals surface area (Å²) >= 11 is 0. The highest BCUT2D eigenvalue weighted by atomic mass is 16.5. The Morgan fingerprint density at radius 3 is 2.33 bits per heavy atom. The van der Waals surface area contributed by atoms with Gasteiger partial charge in [-0.15, -0.1) is 0 Å². The molecule has 0 aromatic carbocycles. The highest BCUT2D eigenvalue weighted by molar-refractivity contribution is 5.80. The van der Waals surface area contributed by atoms with Gasteiger partial charge in [-0.05, 0) is 53.6 Å². The molecule has 4 nitrogen and oxygen atoms in total. The Morgan fingerprint density at radius 1 is 1.19 bits per heavy atom. The molecule has 126 valence electrons. The number of esters is 1. The molecule has 1 unspecified atom stereocenters. The fourth-order valence-corrected chi connectivity index (χ4v) is 2.50. The number of carbonyl (C=O) groups is 1. The van der Waals surface area contributed by atoms with Crippen molar-refractivity contribution in [1.29, 1.82) is 0 Å². The summed E-state index contributed by atoms with van der Waals surface area (Å²) in [5, 5.41) is 3.30. The molecule has 0 aliphatic heterocycles. The van der Waals surface area contributed by atoms with Crippen molar-refractivity contribution in [2.75, 3.05) is 26.2 Å². The molecule has 0 heterocycles. The van der Waals surface area contributed by atoms with E-state index in [2.05, 4.69) is 31.0 Å². The van der Waals surface area contributed by atoms with Gasteiger partial charge in [-0.1, -0.05) is 26.7 Å². The van der Waals surface area contributed by atoms with Crippen LogP contribution in [0.25, 0.3) is 0 Å². The molecule has 0 rings (SSSR count). The molecule has 21 heavy (non-hydrogen) atoms. The molecular formula is C17H36N2O2. The van der Waals surface area contributed by atoms with Gasteiger partial charge in [0.25, 0.3) is 0 Å². The molecule has 1 atom stereocenters. The number of nitrogens with zero attached hydrogens (tertiary/aromatic N) is 1. The van der Waals surface area contributed by atoms with Crippen LogP contribution in [-0.2, 0) is 9.53 Å². The maximum absolute atomic E-state index is 12.2. The van der Waals surface area contributed by atoms with Crippen molar-refractivity contribution >= 4 is 5.97 Å². The van der Waals surface area contributed by atoms with Crippen molar-refractivity contribution in [1.82, 2.24) is 10.2 Å². The number of hydrogen-bond donors (Lipinski definition) is 1. The summed E-state index contributed by atoms with van der Waals surface area (Å²) in [7, 11) is 0. The first-order valence-electron chi connectivity index (χ1n) is 8.57. The predicted molar refractivity (Wildman–Crippen MR) is 89.6 cm³/mol. The Bertz CT molecular complexity index is 282. The van der Waals surface area contributed by atoms with Gasteiger partial charge in [0.15, 0.2) is 0 Å². The van der Waals surface area contributed by atoms with Crippen LogP contribution >= 0.6 is 0 Å². The Kier molecular flexibility index (Phi) is 10.7. The molecule has 0 saturated heterocycles. The van der Waals surface area contributed by atoms with Gasteiger partial charge < -0.3 is 15.0 Å². The van der Waals surface area contributed by atoms with Crippen molar-refractivity contribution in [3.63, 3.8) is 0 Å². The average molecular weight is 300 g/mol. The van der Waals surface area contributed by atoms with E-state index in [-0.39, 0.29) is 5.97 Å². The number of unbranched alkanes of at least 4 members (excludes halogenated alkanes) is 2. The molecule has 0 amide bonds. The first kappa shape index (κ1) is 20.4. The highest BCUT2D eigenvalue weighted by Crippen LogP contribution is 2.15. The molecule has 0 bridgehead atoms. The Labute approximate surface area is 131 Å². The average Bonchev–Trinajstić information content (AvgIpc) is 2.42. The van der Waals surface area contributed by atoms with Gasteiger partial charge in [-0.25, -0.2) is 0 Å². The van der Waals surface area contributed by atoms with Crippen molar-refractivity contribution in [3.05, 3.63) is 0 Å². The Morgan fingerprint density at radius 2 is 1.86 bits per heavy atom. The molecular weight excluding hydrogens is 264 g/mol. The largest absolute Gasteiger partial charge is 0.465 e. The quantitative estimate of drug-likeness (QED) is 0.444. The molecule has 0 aromatic rings. The van der Waals surface area contributed by atoms with Gasteiger partial charge in [-0.2, -0.15) is 0 Å². The second-order valence-electron chi connectivity index (χ2n) is 6.17. The van der Waals surface area contributed by atoms with E-state index in [1.165, 1.54) is 19.3 Å². The predicted octanol–water partition coefficient (Wildman–Crippen LogP) is 3.21. The van der Waals surface area contributed by atoms with E-state index >= 15 is 0 Å². The molecule has 0 radical (unpaired) electrons. The molecule has 0 saturated carbocycles. The minimum absolute atomic E-state index is 0.135. The number of likely N-dealkylation sites (N-methyl/N-ethyl adjacent to an activating group) is 1. The number of rotatable bonds is 12. The summed E-state index contributed by atoms with van der Waals surface area (Å²) in [5.41, 5.74) is -0.581. The van der Waals surface area contributed by atoms with Crippen LogP contribution in [0, 0.1) is 0 Å². The summed E-state index contributed by atoms with van der Waals surface area (Å²) in [5.74, 6) is -0.135. The van der Waals surface area contributed by atoms with Crippen molar-refractivity contribution in [2.45, 2.75) is 78.8 Å². The van der Waals surface area contributed by atoms with Gasteiger partial charge >= 0.3 is 5.97 Å². The normalized spacial score (nSPS) is 14.5. The topological polar surface area (TPSA) is 41.6 Å². The molecule has 0 spiro atoms. The molecule has 0 fully saturated rings. The maximum Gasteiger partial charge on any atom is 0.326 e. The Balaban J connectivity index is 4.57. The summed E-state index contributed by atoms with van der Waals surface area (Å²) in [6.07, 6.45) is 4.52. The van der Waals surface area contributed by atoms with Crippen LogP contribution in [0.2, 0.25) is 0 Å². The number of ether oxygens (including phenoxy) is 1. The van der Waals surface area contributed by atoms with Gasteiger partial charge in [-0.3, -0.25) is 4.79 Å². The fourth-order valence-electron chi connectivity index (χ4n) is 2.50. The van der Waals surface area contributed by atoms with Gasteiger partial charge in [0.1, 0.15) is 5.54 Å². The zero-order valence-corrected chi connectivity index (χ0v) is 15.0. The standard InChI is InChI=1S/C17H36N2O2/c1-7-10-11-13-19(15(4)5)14-12-17(6,18-8-2)16(20)21-9-3/h15,18H,7-14H2,1-6H3. The third-order valence-corrected chi connectivity index (χ3v) is 3.97. The second-order valence-corrected chi connectivity index (χ2v) is 6.17. The van der Waals surface area contributed by atoms with Crippen LogP contribution in [-0.4, -0.2) is 48.7 Å². The lowest BCUT2D eigenvalue weighted by Crippen LogP contribution is -2.52. The summed E-state index contributed by atoms with van der Waals surface area (Å²) < 4.78 is 5.23.